The number of hydrogen-bond donors (Lipinski definition) is 0. The second kappa shape index (κ2) is 2.31. The Morgan fingerprint density at radius 2 is 1.67 bits per heavy atom. The van der Waals surface area contributed by atoms with E-state index in [1.165, 1.54) is 0 Å². The highest BCUT2D eigenvalue weighted by atomic mass is 35.5. The van der Waals surface area contributed by atoms with Gasteiger partial charge in [0.2, 0.25) is 0 Å². The van der Waals surface area contributed by atoms with Crippen molar-refractivity contribution < 1.29 is 8.78 Å². The van der Waals surface area contributed by atoms with Crippen LogP contribution in [-0.2, 0) is 0 Å². The summed E-state index contributed by atoms with van der Waals surface area (Å²) in [5, 5.41) is 0.0451. The smallest absolute Gasteiger partial charge is 0.135 e. The summed E-state index contributed by atoms with van der Waals surface area (Å²) < 4.78 is 24.1. The molecule has 0 saturated carbocycles. The van der Waals surface area contributed by atoms with Crippen LogP contribution in [0, 0.1) is 17.7 Å². The molecule has 0 spiro atoms. The molecule has 0 atom stereocenters. The molecule has 3 heteroatoms. The van der Waals surface area contributed by atoms with Gasteiger partial charge < -0.3 is 0 Å². The van der Waals surface area contributed by atoms with Crippen LogP contribution in [0.3, 0.4) is 0 Å². The molecule has 0 bridgehead atoms. The number of rotatable bonds is 0. The van der Waals surface area contributed by atoms with Crippen LogP contribution in [0.4, 0.5) is 8.78 Å². The van der Waals surface area contributed by atoms with E-state index in [-0.39, 0.29) is 5.02 Å². The number of halogens is 3. The summed E-state index contributed by atoms with van der Waals surface area (Å²) in [5.74, 6) is -1.56. The molecule has 0 nitrogen and oxygen atoms in total. The van der Waals surface area contributed by atoms with Gasteiger partial charge in [-0.3, -0.25) is 0 Å². The highest BCUT2D eigenvalue weighted by Crippen LogP contribution is 2.11. The second-order valence-electron chi connectivity index (χ2n) is 1.49. The molecule has 0 heterocycles. The summed E-state index contributed by atoms with van der Waals surface area (Å²) in [5.41, 5.74) is 0. The van der Waals surface area contributed by atoms with Crippen molar-refractivity contribution in [2.75, 3.05) is 0 Å². The van der Waals surface area contributed by atoms with Crippen LogP contribution in [0.1, 0.15) is 0 Å². The third kappa shape index (κ3) is 1.64. The van der Waals surface area contributed by atoms with Crippen LogP contribution >= 0.6 is 11.6 Å². The van der Waals surface area contributed by atoms with Gasteiger partial charge >= 0.3 is 0 Å². The zero-order valence-electron chi connectivity index (χ0n) is 4.29. The average molecular weight is 148 g/mol. The summed E-state index contributed by atoms with van der Waals surface area (Å²) in [7, 11) is 0. The Morgan fingerprint density at radius 3 is 2.00 bits per heavy atom. The van der Waals surface area contributed by atoms with Crippen molar-refractivity contribution >= 4 is 11.6 Å². The van der Waals surface area contributed by atoms with Gasteiger partial charge in [0, 0.05) is 5.02 Å². The Kier molecular flexibility index (Phi) is 1.67. The Balaban J connectivity index is 3.17. The third-order valence-electron chi connectivity index (χ3n) is 0.768. The number of hydrogen-bond acceptors (Lipinski definition) is 0. The first-order valence-electron chi connectivity index (χ1n) is 2.22. The van der Waals surface area contributed by atoms with Crippen molar-refractivity contribution in [1.29, 1.82) is 0 Å². The zero-order valence-corrected chi connectivity index (χ0v) is 5.04. The Labute approximate surface area is 56.1 Å². The lowest BCUT2D eigenvalue weighted by Crippen LogP contribution is -1.77. The van der Waals surface area contributed by atoms with Gasteiger partial charge in [-0.15, -0.1) is 0 Å². The summed E-state index contributed by atoms with van der Waals surface area (Å²) in [6.45, 7) is 0. The fourth-order valence-corrected chi connectivity index (χ4v) is 0.662. The largest absolute Gasteiger partial charge is 0.206 e. The molecular weight excluding hydrogens is 146 g/mol. The fraction of sp³-hybridized carbons (Fsp3) is 0. The standard InChI is InChI=1S/C6H2ClF2/c7-4-1-5(8)3-6(9)2-4/h1-2H. The average Bonchev–Trinajstić information content (AvgIpc) is 1.59. The predicted molar refractivity (Wildman–Crippen MR) is 30.2 cm³/mol. The summed E-state index contributed by atoms with van der Waals surface area (Å²) in [6.07, 6.45) is 0. The lowest BCUT2D eigenvalue weighted by molar-refractivity contribution is 0.579. The monoisotopic (exact) mass is 147 g/mol. The Bertz CT molecular complexity index is 172. The molecule has 1 rings (SSSR count). The minimum Gasteiger partial charge on any atom is -0.206 e. The van der Waals surface area contributed by atoms with E-state index in [1.807, 2.05) is 0 Å². The van der Waals surface area contributed by atoms with Crippen molar-refractivity contribution in [2.24, 2.45) is 0 Å². The van der Waals surface area contributed by atoms with Gasteiger partial charge in [0.05, 0.1) is 6.07 Å². The van der Waals surface area contributed by atoms with Gasteiger partial charge in [-0.25, -0.2) is 8.78 Å². The second-order valence-corrected chi connectivity index (χ2v) is 1.93. The molecule has 0 aliphatic carbocycles. The summed E-state index contributed by atoms with van der Waals surface area (Å²) in [6, 6.07) is 3.77. The van der Waals surface area contributed by atoms with E-state index in [0.717, 1.165) is 12.1 Å². The van der Waals surface area contributed by atoms with E-state index in [4.69, 9.17) is 11.6 Å². The number of benzene rings is 1. The summed E-state index contributed by atoms with van der Waals surface area (Å²) in [4.78, 5) is 0. The van der Waals surface area contributed by atoms with Crippen molar-refractivity contribution in [3.8, 4) is 0 Å². The molecule has 0 aliphatic rings. The van der Waals surface area contributed by atoms with Crippen molar-refractivity contribution in [3.63, 3.8) is 0 Å². The van der Waals surface area contributed by atoms with Crippen molar-refractivity contribution in [1.82, 2.24) is 0 Å². The molecule has 0 unspecified atom stereocenters. The molecule has 0 fully saturated rings. The van der Waals surface area contributed by atoms with Gasteiger partial charge in [-0.2, -0.15) is 0 Å². The third-order valence-corrected chi connectivity index (χ3v) is 0.986. The zero-order chi connectivity index (χ0) is 6.85. The van der Waals surface area contributed by atoms with E-state index < -0.39 is 11.6 Å². The molecule has 0 amide bonds. The van der Waals surface area contributed by atoms with Gasteiger partial charge in [-0.1, -0.05) is 11.6 Å². The minimum atomic E-state index is -0.778. The SMILES string of the molecule is Fc1[c]c(F)cc(Cl)c1. The van der Waals surface area contributed by atoms with Crippen molar-refractivity contribution in [3.05, 3.63) is 34.9 Å². The molecule has 1 radical (unpaired) electrons. The molecule has 9 heavy (non-hydrogen) atoms. The normalized spacial score (nSPS) is 9.67. The maximum atomic E-state index is 12.0. The van der Waals surface area contributed by atoms with E-state index in [0.29, 0.717) is 0 Å². The quantitative estimate of drug-likeness (QED) is 0.529. The predicted octanol–water partition coefficient (Wildman–Crippen LogP) is 2.42. The Hall–Kier alpha value is -0.630. The molecule has 0 N–H and O–H groups in total. The van der Waals surface area contributed by atoms with Crippen molar-refractivity contribution in [2.45, 2.75) is 0 Å². The van der Waals surface area contributed by atoms with Gasteiger partial charge in [0.1, 0.15) is 11.6 Å². The fourth-order valence-electron chi connectivity index (χ4n) is 0.470. The van der Waals surface area contributed by atoms with Crippen LogP contribution in [0.5, 0.6) is 0 Å². The first-order valence-corrected chi connectivity index (χ1v) is 2.60. The lowest BCUT2D eigenvalue weighted by atomic mass is 10.3. The van der Waals surface area contributed by atoms with Gasteiger partial charge in [-0.05, 0) is 12.1 Å². The highest BCUT2D eigenvalue weighted by molar-refractivity contribution is 6.30. The van der Waals surface area contributed by atoms with E-state index in [9.17, 15) is 8.78 Å². The van der Waals surface area contributed by atoms with Crippen LogP contribution in [-0.4, -0.2) is 0 Å². The first-order chi connectivity index (χ1) is 4.18. The molecule has 0 saturated heterocycles. The first kappa shape index (κ1) is 6.49. The van der Waals surface area contributed by atoms with Crippen LogP contribution in [0.2, 0.25) is 5.02 Å². The molecule has 1 aromatic rings. The highest BCUT2D eigenvalue weighted by Gasteiger charge is 1.96. The topological polar surface area (TPSA) is 0 Å². The van der Waals surface area contributed by atoms with E-state index in [1.54, 1.807) is 6.07 Å². The maximum Gasteiger partial charge on any atom is 0.135 e. The lowest BCUT2D eigenvalue weighted by Gasteiger charge is -1.88. The molecule has 0 aromatic heterocycles. The van der Waals surface area contributed by atoms with Crippen LogP contribution in [0.15, 0.2) is 12.1 Å². The summed E-state index contributed by atoms with van der Waals surface area (Å²) >= 11 is 5.25. The van der Waals surface area contributed by atoms with Gasteiger partial charge in [0.15, 0.2) is 0 Å². The molecule has 1 aromatic carbocycles. The molecule has 0 aliphatic heterocycles. The van der Waals surface area contributed by atoms with E-state index in [2.05, 4.69) is 0 Å². The van der Waals surface area contributed by atoms with Crippen LogP contribution in [0.25, 0.3) is 0 Å². The Morgan fingerprint density at radius 1 is 1.22 bits per heavy atom. The van der Waals surface area contributed by atoms with Crippen LogP contribution < -0.4 is 0 Å². The van der Waals surface area contributed by atoms with Gasteiger partial charge in [0.25, 0.3) is 0 Å². The maximum absolute atomic E-state index is 12.0. The van der Waals surface area contributed by atoms with E-state index >= 15 is 0 Å². The molecule has 47 valence electrons. The molecular formula is C6H2ClF2. The minimum absolute atomic E-state index is 0.0451.